The summed E-state index contributed by atoms with van der Waals surface area (Å²) < 4.78 is 10.5. The molecule has 2 aliphatic rings. The van der Waals surface area contributed by atoms with Crippen molar-refractivity contribution in [1.29, 1.82) is 0 Å². The van der Waals surface area contributed by atoms with Crippen LogP contribution in [0.3, 0.4) is 0 Å². The number of anilines is 2. The maximum atomic E-state index is 11.7. The average Bonchev–Trinajstić information content (AvgIpc) is 2.98. The Morgan fingerprint density at radius 2 is 1.97 bits per heavy atom. The van der Waals surface area contributed by atoms with E-state index in [4.69, 9.17) is 26.1 Å². The number of fused-ring (bicyclic) bond motifs is 2. The molecule has 2 N–H and O–H groups in total. The highest BCUT2D eigenvalue weighted by Crippen LogP contribution is 2.36. The van der Waals surface area contributed by atoms with E-state index < -0.39 is 6.04 Å². The van der Waals surface area contributed by atoms with Crippen LogP contribution in [0.4, 0.5) is 17.1 Å². The Balaban J connectivity index is 1.43. The zero-order valence-electron chi connectivity index (χ0n) is 18.3. The maximum Gasteiger partial charge on any atom is 0.325 e. The van der Waals surface area contributed by atoms with Gasteiger partial charge >= 0.3 is 5.97 Å². The van der Waals surface area contributed by atoms with Crippen molar-refractivity contribution in [2.45, 2.75) is 6.04 Å². The number of likely N-dealkylation sites (N-methyl/N-ethyl adjacent to an activating group) is 1. The average molecular weight is 458 g/mol. The lowest BCUT2D eigenvalue weighted by molar-refractivity contribution is -0.145. The molecule has 2 heterocycles. The molecule has 170 valence electrons. The van der Waals surface area contributed by atoms with E-state index in [0.717, 1.165) is 54.6 Å². The zero-order chi connectivity index (χ0) is 22.5. The van der Waals surface area contributed by atoms with Gasteiger partial charge in [0.05, 0.1) is 31.8 Å². The lowest BCUT2D eigenvalue weighted by atomic mass is 10.1. The minimum atomic E-state index is -0.461. The molecule has 1 fully saturated rings. The van der Waals surface area contributed by atoms with Crippen molar-refractivity contribution in [1.82, 2.24) is 15.1 Å². The number of benzene rings is 2. The lowest BCUT2D eigenvalue weighted by Crippen LogP contribution is -2.50. The highest BCUT2D eigenvalue weighted by atomic mass is 35.5. The van der Waals surface area contributed by atoms with Gasteiger partial charge in [0.15, 0.2) is 0 Å². The van der Waals surface area contributed by atoms with Crippen LogP contribution in [0, 0.1) is 0 Å². The van der Waals surface area contributed by atoms with Crippen molar-refractivity contribution in [3.63, 3.8) is 0 Å². The Morgan fingerprint density at radius 3 is 2.72 bits per heavy atom. The van der Waals surface area contributed by atoms with Crippen LogP contribution in [0.2, 0.25) is 5.02 Å². The first-order valence-electron chi connectivity index (χ1n) is 10.6. The Morgan fingerprint density at radius 1 is 1.19 bits per heavy atom. The second-order valence-corrected chi connectivity index (χ2v) is 8.17. The molecule has 0 saturated carbocycles. The normalized spacial score (nSPS) is 16.8. The highest BCUT2D eigenvalue weighted by molar-refractivity contribution is 6.31. The second-order valence-electron chi connectivity index (χ2n) is 7.74. The SMILES string of the molecule is CNC(COCN1CCN(C2=Nc3cc(Cl)ccc3Nc3ccccc32)CC1)C(=O)OC. The standard InChI is InChI=1S/C23H28ClN5O3/c1-25-21(23(30)31-2)14-32-15-28-9-11-29(12-10-28)22-17-5-3-4-6-18(17)26-19-8-7-16(24)13-20(19)27-22/h3-8,13,21,25-26H,9-12,14-15H2,1-2H3. The summed E-state index contributed by atoms with van der Waals surface area (Å²) in [4.78, 5) is 21.2. The summed E-state index contributed by atoms with van der Waals surface area (Å²) in [6.45, 7) is 4.04. The Kier molecular flexibility index (Phi) is 7.26. The quantitative estimate of drug-likeness (QED) is 0.646. The van der Waals surface area contributed by atoms with Gasteiger partial charge in [-0.3, -0.25) is 9.69 Å². The van der Waals surface area contributed by atoms with Crippen molar-refractivity contribution in [3.05, 3.63) is 53.1 Å². The molecule has 0 aliphatic carbocycles. The largest absolute Gasteiger partial charge is 0.468 e. The van der Waals surface area contributed by atoms with Crippen LogP contribution in [-0.4, -0.2) is 81.3 Å². The number of amidine groups is 1. The fourth-order valence-corrected chi connectivity index (χ4v) is 4.02. The smallest absolute Gasteiger partial charge is 0.325 e. The summed E-state index contributed by atoms with van der Waals surface area (Å²) in [6, 6.07) is 13.5. The van der Waals surface area contributed by atoms with Crippen molar-refractivity contribution >= 4 is 40.5 Å². The van der Waals surface area contributed by atoms with E-state index in [-0.39, 0.29) is 12.6 Å². The minimum absolute atomic E-state index is 0.271. The Labute approximate surface area is 193 Å². The van der Waals surface area contributed by atoms with E-state index in [1.165, 1.54) is 7.11 Å². The number of halogens is 1. The monoisotopic (exact) mass is 457 g/mol. The molecule has 4 rings (SSSR count). The van der Waals surface area contributed by atoms with Crippen LogP contribution in [0.5, 0.6) is 0 Å². The summed E-state index contributed by atoms with van der Waals surface area (Å²) in [6.07, 6.45) is 0. The summed E-state index contributed by atoms with van der Waals surface area (Å²) >= 11 is 6.24. The van der Waals surface area contributed by atoms with Gasteiger partial charge in [0.2, 0.25) is 0 Å². The zero-order valence-corrected chi connectivity index (χ0v) is 19.1. The molecule has 0 bridgehead atoms. The number of carbonyl (C=O) groups is 1. The van der Waals surface area contributed by atoms with Crippen LogP contribution >= 0.6 is 11.6 Å². The van der Waals surface area contributed by atoms with Gasteiger partial charge in [0.25, 0.3) is 0 Å². The van der Waals surface area contributed by atoms with E-state index in [1.54, 1.807) is 7.05 Å². The molecular weight excluding hydrogens is 430 g/mol. The van der Waals surface area contributed by atoms with Crippen molar-refractivity contribution in [2.75, 3.05) is 59.0 Å². The minimum Gasteiger partial charge on any atom is -0.468 e. The molecule has 0 aromatic heterocycles. The summed E-state index contributed by atoms with van der Waals surface area (Å²) in [5.74, 6) is 0.618. The molecule has 8 nitrogen and oxygen atoms in total. The number of esters is 1. The van der Waals surface area contributed by atoms with Crippen molar-refractivity contribution < 1.29 is 14.3 Å². The third-order valence-corrected chi connectivity index (χ3v) is 5.92. The molecule has 9 heteroatoms. The first kappa shape index (κ1) is 22.5. The number of piperazine rings is 1. The Hall–Kier alpha value is -2.65. The molecule has 1 atom stereocenters. The molecule has 2 aromatic carbocycles. The number of nitrogens with zero attached hydrogens (tertiary/aromatic N) is 3. The number of ether oxygens (including phenoxy) is 2. The van der Waals surface area contributed by atoms with E-state index in [9.17, 15) is 4.79 Å². The van der Waals surface area contributed by atoms with Gasteiger partial charge in [-0.05, 0) is 37.4 Å². The molecule has 1 unspecified atom stereocenters. The van der Waals surface area contributed by atoms with Crippen LogP contribution < -0.4 is 10.6 Å². The van der Waals surface area contributed by atoms with Crippen LogP contribution in [0.25, 0.3) is 0 Å². The summed E-state index contributed by atoms with van der Waals surface area (Å²) in [5, 5.41) is 7.06. The van der Waals surface area contributed by atoms with Crippen LogP contribution in [-0.2, 0) is 14.3 Å². The van der Waals surface area contributed by atoms with Gasteiger partial charge in [0, 0.05) is 42.5 Å². The fraction of sp³-hybridized carbons (Fsp3) is 0.391. The number of nitrogens with one attached hydrogen (secondary N) is 2. The van der Waals surface area contributed by atoms with Crippen molar-refractivity contribution in [3.8, 4) is 0 Å². The lowest BCUT2D eigenvalue weighted by Gasteiger charge is -2.36. The van der Waals surface area contributed by atoms with E-state index in [2.05, 4.69) is 32.6 Å². The molecule has 0 amide bonds. The molecule has 32 heavy (non-hydrogen) atoms. The van der Waals surface area contributed by atoms with Crippen LogP contribution in [0.1, 0.15) is 5.56 Å². The number of hydrogen-bond acceptors (Lipinski definition) is 8. The topological polar surface area (TPSA) is 78.4 Å². The summed E-state index contributed by atoms with van der Waals surface area (Å²) in [7, 11) is 3.09. The number of carbonyl (C=O) groups excluding carboxylic acids is 1. The maximum absolute atomic E-state index is 11.7. The molecular formula is C23H28ClN5O3. The number of rotatable bonds is 6. The third-order valence-electron chi connectivity index (χ3n) is 5.69. The molecule has 1 saturated heterocycles. The van der Waals surface area contributed by atoms with Gasteiger partial charge in [-0.25, -0.2) is 4.99 Å². The summed E-state index contributed by atoms with van der Waals surface area (Å²) in [5.41, 5.74) is 3.86. The van der Waals surface area contributed by atoms with E-state index in [1.807, 2.05) is 30.3 Å². The van der Waals surface area contributed by atoms with Gasteiger partial charge in [-0.15, -0.1) is 0 Å². The number of methoxy groups -OCH3 is 1. The van der Waals surface area contributed by atoms with Crippen molar-refractivity contribution in [2.24, 2.45) is 4.99 Å². The Bertz CT molecular complexity index is 991. The molecule has 2 aromatic rings. The van der Waals surface area contributed by atoms with E-state index >= 15 is 0 Å². The number of hydrogen-bond donors (Lipinski definition) is 2. The van der Waals surface area contributed by atoms with Gasteiger partial charge in [-0.1, -0.05) is 23.7 Å². The van der Waals surface area contributed by atoms with E-state index in [0.29, 0.717) is 11.8 Å². The first-order valence-corrected chi connectivity index (χ1v) is 11.0. The number of para-hydroxylation sites is 1. The third kappa shape index (κ3) is 5.05. The second kappa shape index (κ2) is 10.3. The first-order chi connectivity index (χ1) is 15.6. The molecule has 2 aliphatic heterocycles. The predicted octanol–water partition coefficient (Wildman–Crippen LogP) is 2.83. The van der Waals surface area contributed by atoms with Gasteiger partial charge in [-0.2, -0.15) is 0 Å². The molecule has 0 spiro atoms. The predicted molar refractivity (Wildman–Crippen MR) is 126 cm³/mol. The highest BCUT2D eigenvalue weighted by Gasteiger charge is 2.25. The molecule has 0 radical (unpaired) electrons. The van der Waals surface area contributed by atoms with Gasteiger partial charge in [0.1, 0.15) is 11.9 Å². The number of aliphatic imine (C=N–C) groups is 1. The fourth-order valence-electron chi connectivity index (χ4n) is 3.85. The van der Waals surface area contributed by atoms with Crippen LogP contribution in [0.15, 0.2) is 47.5 Å². The van der Waals surface area contributed by atoms with Gasteiger partial charge < -0.3 is 25.0 Å².